The molecular weight excluding hydrogens is 346 g/mol. The zero-order valence-electron chi connectivity index (χ0n) is 17.1. The second kappa shape index (κ2) is 10.9. The van der Waals surface area contributed by atoms with Gasteiger partial charge in [0.05, 0.1) is 0 Å². The lowest BCUT2D eigenvalue weighted by Crippen LogP contribution is -2.53. The maximum Gasteiger partial charge on any atom is 0.408 e. The minimum atomic E-state index is -0.707. The van der Waals surface area contributed by atoms with Crippen LogP contribution in [0.1, 0.15) is 72.6 Å². The number of nitrogens with two attached hydrogens (primary N) is 1. The first-order valence-electron chi connectivity index (χ1n) is 9.86. The average molecular weight is 382 g/mol. The van der Waals surface area contributed by atoms with Crippen LogP contribution in [-0.4, -0.2) is 47.0 Å². The molecule has 0 aromatic carbocycles. The fourth-order valence-corrected chi connectivity index (χ4v) is 3.19. The summed E-state index contributed by atoms with van der Waals surface area (Å²) in [5, 5.41) is 2.69. The topological polar surface area (TPSA) is 102 Å². The maximum atomic E-state index is 13.0. The number of allylic oxidation sites excluding steroid dienone is 2. The van der Waals surface area contributed by atoms with E-state index in [1.807, 2.05) is 13.0 Å². The summed E-state index contributed by atoms with van der Waals surface area (Å²) in [6.45, 7) is 7.79. The van der Waals surface area contributed by atoms with E-state index in [4.69, 9.17) is 10.5 Å². The van der Waals surface area contributed by atoms with Gasteiger partial charge in [0.25, 0.3) is 0 Å². The quantitative estimate of drug-likeness (QED) is 0.473. The summed E-state index contributed by atoms with van der Waals surface area (Å²) in [4.78, 5) is 38.3. The highest BCUT2D eigenvalue weighted by molar-refractivity contribution is 5.91. The van der Waals surface area contributed by atoms with Gasteiger partial charge >= 0.3 is 6.09 Å². The maximum absolute atomic E-state index is 13.0. The number of carbonyl (C=O) groups excluding carboxylic acids is 3. The first kappa shape index (κ1) is 23.0. The van der Waals surface area contributed by atoms with Crippen molar-refractivity contribution in [1.29, 1.82) is 0 Å². The van der Waals surface area contributed by atoms with Crippen LogP contribution in [0.15, 0.2) is 12.2 Å². The molecule has 7 heteroatoms. The van der Waals surface area contributed by atoms with Crippen molar-refractivity contribution in [1.82, 2.24) is 10.2 Å². The van der Waals surface area contributed by atoms with Crippen LogP contribution in [0, 0.1) is 0 Å². The van der Waals surface area contributed by atoms with Gasteiger partial charge in [-0.15, -0.1) is 0 Å². The molecule has 0 aromatic rings. The third-order valence-electron chi connectivity index (χ3n) is 4.45. The largest absolute Gasteiger partial charge is 0.444 e. The van der Waals surface area contributed by atoms with Gasteiger partial charge in [0.1, 0.15) is 17.7 Å². The Morgan fingerprint density at radius 1 is 1.26 bits per heavy atom. The van der Waals surface area contributed by atoms with Gasteiger partial charge in [-0.2, -0.15) is 0 Å². The highest BCUT2D eigenvalue weighted by Gasteiger charge is 2.36. The number of nitrogens with zero attached hydrogens (tertiary/aromatic N) is 1. The van der Waals surface area contributed by atoms with E-state index in [-0.39, 0.29) is 5.91 Å². The molecule has 154 valence electrons. The number of alkyl carbamates (subject to hydrolysis) is 1. The zero-order chi connectivity index (χ0) is 20.4. The predicted molar refractivity (Wildman–Crippen MR) is 105 cm³/mol. The van der Waals surface area contributed by atoms with Gasteiger partial charge in [0, 0.05) is 6.54 Å². The lowest BCUT2D eigenvalue weighted by atomic mass is 10.1. The molecule has 1 heterocycles. The molecule has 1 aliphatic rings. The summed E-state index contributed by atoms with van der Waals surface area (Å²) >= 11 is 0. The van der Waals surface area contributed by atoms with Crippen molar-refractivity contribution < 1.29 is 19.1 Å². The van der Waals surface area contributed by atoms with Crippen LogP contribution in [0.4, 0.5) is 4.79 Å². The molecule has 1 rings (SSSR count). The minimum Gasteiger partial charge on any atom is -0.444 e. The molecule has 3 N–H and O–H groups in total. The first-order chi connectivity index (χ1) is 12.7. The van der Waals surface area contributed by atoms with Gasteiger partial charge in [-0.05, 0) is 59.8 Å². The number of unbranched alkanes of at least 4 members (excludes halogenated alkanes) is 3. The summed E-state index contributed by atoms with van der Waals surface area (Å²) in [6, 6.07) is -1.29. The third kappa shape index (κ3) is 8.45. The fraction of sp³-hybridized carbons (Fsp3) is 0.750. The van der Waals surface area contributed by atoms with Gasteiger partial charge in [0.15, 0.2) is 0 Å². The van der Waals surface area contributed by atoms with E-state index in [1.165, 1.54) is 4.90 Å². The van der Waals surface area contributed by atoms with Crippen molar-refractivity contribution >= 4 is 17.9 Å². The van der Waals surface area contributed by atoms with Gasteiger partial charge in [0.2, 0.25) is 11.8 Å². The summed E-state index contributed by atoms with van der Waals surface area (Å²) in [5.74, 6) is -0.751. The monoisotopic (exact) mass is 381 g/mol. The van der Waals surface area contributed by atoms with E-state index in [1.54, 1.807) is 20.8 Å². The number of amides is 3. The number of hydrogen-bond donors (Lipinski definition) is 2. The number of ether oxygens (including phenoxy) is 1. The number of hydrogen-bond acceptors (Lipinski definition) is 4. The van der Waals surface area contributed by atoms with Crippen LogP contribution in [0.5, 0.6) is 0 Å². The van der Waals surface area contributed by atoms with Crippen LogP contribution in [-0.2, 0) is 14.3 Å². The molecule has 1 saturated heterocycles. The SMILES string of the molecule is C/C=C\CCCCC[C@H](NC(=O)OC(C)(C)C)C(=O)N1CCC[C@H]1C(N)=O. The van der Waals surface area contributed by atoms with E-state index in [2.05, 4.69) is 11.4 Å². The van der Waals surface area contributed by atoms with Crippen LogP contribution in [0.3, 0.4) is 0 Å². The summed E-state index contributed by atoms with van der Waals surface area (Å²) < 4.78 is 5.29. The van der Waals surface area contributed by atoms with Gasteiger partial charge in [-0.25, -0.2) is 4.79 Å². The molecule has 2 atom stereocenters. The Labute approximate surface area is 162 Å². The van der Waals surface area contributed by atoms with E-state index in [0.29, 0.717) is 19.4 Å². The normalized spacial score (nSPS) is 18.5. The first-order valence-corrected chi connectivity index (χ1v) is 9.86. The lowest BCUT2D eigenvalue weighted by molar-refractivity contribution is -0.139. The molecule has 1 aliphatic heterocycles. The van der Waals surface area contributed by atoms with Gasteiger partial charge < -0.3 is 20.7 Å². The standard InChI is InChI=1S/C20H35N3O4/c1-5-6-7-8-9-10-12-15(22-19(26)27-20(2,3)4)18(25)23-14-11-13-16(23)17(21)24/h5-6,15-16H,7-14H2,1-4H3,(H2,21,24)(H,22,26)/b6-5-/t15-,16-/m0/s1. The Morgan fingerprint density at radius 2 is 1.96 bits per heavy atom. The van der Waals surface area contributed by atoms with Crippen LogP contribution >= 0.6 is 0 Å². The molecule has 0 unspecified atom stereocenters. The molecular formula is C20H35N3O4. The van der Waals surface area contributed by atoms with Crippen LogP contribution < -0.4 is 11.1 Å². The highest BCUT2D eigenvalue weighted by atomic mass is 16.6. The molecule has 1 fully saturated rings. The van der Waals surface area contributed by atoms with Crippen molar-refractivity contribution in [3.05, 3.63) is 12.2 Å². The fourth-order valence-electron chi connectivity index (χ4n) is 3.19. The molecule has 0 aromatic heterocycles. The predicted octanol–water partition coefficient (Wildman–Crippen LogP) is 2.88. The molecule has 0 radical (unpaired) electrons. The molecule has 0 aliphatic carbocycles. The second-order valence-corrected chi connectivity index (χ2v) is 8.00. The zero-order valence-corrected chi connectivity index (χ0v) is 17.1. The van der Waals surface area contributed by atoms with Gasteiger partial charge in [-0.3, -0.25) is 9.59 Å². The Balaban J connectivity index is 2.72. The smallest absolute Gasteiger partial charge is 0.408 e. The molecule has 7 nitrogen and oxygen atoms in total. The molecule has 27 heavy (non-hydrogen) atoms. The molecule has 0 spiro atoms. The molecule has 0 bridgehead atoms. The van der Waals surface area contributed by atoms with E-state index in [9.17, 15) is 14.4 Å². The summed E-state index contributed by atoms with van der Waals surface area (Å²) in [5.41, 5.74) is 4.78. The Hall–Kier alpha value is -2.05. The third-order valence-corrected chi connectivity index (χ3v) is 4.45. The highest BCUT2D eigenvalue weighted by Crippen LogP contribution is 2.20. The van der Waals surface area contributed by atoms with Crippen molar-refractivity contribution in [2.75, 3.05) is 6.54 Å². The van der Waals surface area contributed by atoms with E-state index in [0.717, 1.165) is 32.1 Å². The number of primary amides is 1. The number of nitrogens with one attached hydrogen (secondary N) is 1. The summed E-state index contributed by atoms with van der Waals surface area (Å²) in [7, 11) is 0. The number of carbonyl (C=O) groups is 3. The Kier molecular flexibility index (Phi) is 9.32. The van der Waals surface area contributed by atoms with E-state index >= 15 is 0 Å². The molecule has 3 amide bonds. The Bertz CT molecular complexity index is 540. The minimum absolute atomic E-state index is 0.254. The van der Waals surface area contributed by atoms with Crippen molar-refractivity contribution in [2.45, 2.75) is 90.3 Å². The average Bonchev–Trinajstić information content (AvgIpc) is 3.04. The van der Waals surface area contributed by atoms with Crippen molar-refractivity contribution in [3.8, 4) is 0 Å². The van der Waals surface area contributed by atoms with Crippen LogP contribution in [0.2, 0.25) is 0 Å². The molecule has 0 saturated carbocycles. The number of likely N-dealkylation sites (tertiary alicyclic amines) is 1. The lowest BCUT2D eigenvalue weighted by Gasteiger charge is -2.28. The van der Waals surface area contributed by atoms with Crippen LogP contribution in [0.25, 0.3) is 0 Å². The number of rotatable bonds is 9. The summed E-state index contributed by atoms with van der Waals surface area (Å²) in [6.07, 6.45) is 9.14. The van der Waals surface area contributed by atoms with Crippen molar-refractivity contribution in [3.63, 3.8) is 0 Å². The second-order valence-electron chi connectivity index (χ2n) is 8.00. The van der Waals surface area contributed by atoms with Crippen molar-refractivity contribution in [2.24, 2.45) is 5.73 Å². The van der Waals surface area contributed by atoms with E-state index < -0.39 is 29.7 Å². The van der Waals surface area contributed by atoms with Gasteiger partial charge in [-0.1, -0.05) is 25.0 Å². The Morgan fingerprint density at radius 3 is 2.56 bits per heavy atom.